The highest BCUT2D eigenvalue weighted by Crippen LogP contribution is 2.41. The second-order valence-electron chi connectivity index (χ2n) is 5.48. The Morgan fingerprint density at radius 2 is 2.11 bits per heavy atom. The van der Waals surface area contributed by atoms with Crippen molar-refractivity contribution in [3.05, 3.63) is 18.1 Å². The predicted octanol–water partition coefficient (Wildman–Crippen LogP) is 2.51. The fraction of sp³-hybridized carbons (Fsp3) is 0.643. The Morgan fingerprint density at radius 1 is 1.28 bits per heavy atom. The summed E-state index contributed by atoms with van der Waals surface area (Å²) >= 11 is 0. The molecule has 3 unspecified atom stereocenters. The third kappa shape index (κ3) is 1.84. The lowest BCUT2D eigenvalue weighted by atomic mass is 9.85. The molecular formula is C14H18N4. The molecule has 1 saturated heterocycles. The van der Waals surface area contributed by atoms with E-state index in [9.17, 15) is 0 Å². The third-order valence-electron chi connectivity index (χ3n) is 4.36. The minimum atomic E-state index is 0.394. The summed E-state index contributed by atoms with van der Waals surface area (Å²) in [7, 11) is 0. The number of rotatable bonds is 1. The summed E-state index contributed by atoms with van der Waals surface area (Å²) in [5.41, 5.74) is 0.394. The molecule has 1 saturated carbocycles. The molecule has 2 fully saturated rings. The normalized spacial score (nSPS) is 30.9. The summed E-state index contributed by atoms with van der Waals surface area (Å²) in [6, 6.07) is 3.20. The second-order valence-corrected chi connectivity index (χ2v) is 5.48. The molecule has 0 radical (unpaired) electrons. The molecule has 1 aliphatic carbocycles. The molecular weight excluding hydrogens is 224 g/mol. The number of aromatic nitrogens is 2. The standard InChI is InChI=1S/C14H18N4/c1-10-6-11-4-2-3-5-13(11)18(10)14-9-16-12(7-15)8-17-14/h8-11,13H,2-6H2,1H3. The van der Waals surface area contributed by atoms with Gasteiger partial charge in [-0.3, -0.25) is 0 Å². The highest BCUT2D eigenvalue weighted by atomic mass is 15.3. The minimum Gasteiger partial charge on any atom is -0.349 e. The molecule has 3 atom stereocenters. The van der Waals surface area contributed by atoms with Crippen molar-refractivity contribution in [3.63, 3.8) is 0 Å². The molecule has 2 heterocycles. The first kappa shape index (κ1) is 11.5. The van der Waals surface area contributed by atoms with Crippen LogP contribution in [0.2, 0.25) is 0 Å². The molecule has 94 valence electrons. The SMILES string of the molecule is CC1CC2CCCCC2N1c1cnc(C#N)cn1. The van der Waals surface area contributed by atoms with Crippen LogP contribution in [0.5, 0.6) is 0 Å². The molecule has 18 heavy (non-hydrogen) atoms. The smallest absolute Gasteiger partial charge is 0.158 e. The third-order valence-corrected chi connectivity index (χ3v) is 4.36. The van der Waals surface area contributed by atoms with Crippen molar-refractivity contribution in [3.8, 4) is 6.07 Å². The number of fused-ring (bicyclic) bond motifs is 1. The van der Waals surface area contributed by atoms with Crippen LogP contribution in [0.1, 0.15) is 44.7 Å². The van der Waals surface area contributed by atoms with Crippen molar-refractivity contribution in [1.82, 2.24) is 9.97 Å². The molecule has 3 rings (SSSR count). The van der Waals surface area contributed by atoms with E-state index in [2.05, 4.69) is 21.8 Å². The maximum atomic E-state index is 8.77. The summed E-state index contributed by atoms with van der Waals surface area (Å²) in [5, 5.41) is 8.77. The molecule has 0 amide bonds. The van der Waals surface area contributed by atoms with Gasteiger partial charge in [0.15, 0.2) is 5.69 Å². The Morgan fingerprint density at radius 3 is 2.83 bits per heavy atom. The van der Waals surface area contributed by atoms with Crippen LogP contribution in [0.4, 0.5) is 5.82 Å². The Bertz CT molecular complexity index is 462. The molecule has 4 heteroatoms. The number of hydrogen-bond donors (Lipinski definition) is 0. The van der Waals surface area contributed by atoms with Crippen molar-refractivity contribution in [1.29, 1.82) is 5.26 Å². The summed E-state index contributed by atoms with van der Waals surface area (Å²) < 4.78 is 0. The van der Waals surface area contributed by atoms with Gasteiger partial charge in [-0.2, -0.15) is 5.26 Å². The summed E-state index contributed by atoms with van der Waals surface area (Å²) in [5.74, 6) is 1.77. The van der Waals surface area contributed by atoms with Gasteiger partial charge >= 0.3 is 0 Å². The van der Waals surface area contributed by atoms with Crippen molar-refractivity contribution in [2.45, 2.75) is 51.1 Å². The molecule has 1 aromatic heterocycles. The van der Waals surface area contributed by atoms with E-state index < -0.39 is 0 Å². The van der Waals surface area contributed by atoms with E-state index in [0.29, 0.717) is 17.8 Å². The van der Waals surface area contributed by atoms with Crippen LogP contribution >= 0.6 is 0 Å². The molecule has 4 nitrogen and oxygen atoms in total. The van der Waals surface area contributed by atoms with Gasteiger partial charge in [-0.1, -0.05) is 12.8 Å². The Hall–Kier alpha value is -1.63. The molecule has 0 N–H and O–H groups in total. The fourth-order valence-electron chi connectivity index (χ4n) is 3.62. The van der Waals surface area contributed by atoms with Gasteiger partial charge in [0.05, 0.1) is 12.4 Å². The van der Waals surface area contributed by atoms with E-state index in [1.54, 1.807) is 12.4 Å². The predicted molar refractivity (Wildman–Crippen MR) is 69.1 cm³/mol. The van der Waals surface area contributed by atoms with Gasteiger partial charge in [0, 0.05) is 12.1 Å². The zero-order valence-electron chi connectivity index (χ0n) is 10.7. The average molecular weight is 242 g/mol. The lowest BCUT2D eigenvalue weighted by Gasteiger charge is -2.33. The highest BCUT2D eigenvalue weighted by molar-refractivity contribution is 5.42. The van der Waals surface area contributed by atoms with Crippen LogP contribution in [0.3, 0.4) is 0 Å². The zero-order chi connectivity index (χ0) is 12.5. The molecule has 0 spiro atoms. The molecule has 0 bridgehead atoms. The van der Waals surface area contributed by atoms with Crippen LogP contribution in [-0.4, -0.2) is 22.1 Å². The van der Waals surface area contributed by atoms with Gasteiger partial charge in [-0.25, -0.2) is 9.97 Å². The first-order valence-electron chi connectivity index (χ1n) is 6.80. The Kier molecular flexibility index (Phi) is 2.91. The maximum absolute atomic E-state index is 8.77. The van der Waals surface area contributed by atoms with Crippen molar-refractivity contribution >= 4 is 5.82 Å². The van der Waals surface area contributed by atoms with Gasteiger partial charge in [-0.05, 0) is 32.1 Å². The Balaban J connectivity index is 1.87. The minimum absolute atomic E-state index is 0.394. The largest absolute Gasteiger partial charge is 0.349 e. The van der Waals surface area contributed by atoms with Crippen LogP contribution in [0.25, 0.3) is 0 Å². The van der Waals surface area contributed by atoms with Gasteiger partial charge in [0.25, 0.3) is 0 Å². The Labute approximate surface area is 108 Å². The average Bonchev–Trinajstić information content (AvgIpc) is 2.75. The number of nitriles is 1. The molecule has 2 aliphatic rings. The van der Waals surface area contributed by atoms with Crippen LogP contribution in [0, 0.1) is 17.2 Å². The van der Waals surface area contributed by atoms with Crippen molar-refractivity contribution < 1.29 is 0 Å². The molecule has 0 aromatic carbocycles. The van der Waals surface area contributed by atoms with E-state index >= 15 is 0 Å². The number of hydrogen-bond acceptors (Lipinski definition) is 4. The van der Waals surface area contributed by atoms with E-state index in [4.69, 9.17) is 5.26 Å². The summed E-state index contributed by atoms with van der Waals surface area (Å²) in [4.78, 5) is 11.0. The van der Waals surface area contributed by atoms with Crippen LogP contribution in [-0.2, 0) is 0 Å². The van der Waals surface area contributed by atoms with E-state index in [0.717, 1.165) is 11.7 Å². The number of anilines is 1. The van der Waals surface area contributed by atoms with E-state index in [1.165, 1.54) is 32.1 Å². The van der Waals surface area contributed by atoms with Crippen molar-refractivity contribution in [2.24, 2.45) is 5.92 Å². The quantitative estimate of drug-likeness (QED) is 0.759. The number of nitrogens with zero attached hydrogens (tertiary/aromatic N) is 4. The summed E-state index contributed by atoms with van der Waals surface area (Å²) in [6.45, 7) is 2.28. The maximum Gasteiger partial charge on any atom is 0.158 e. The van der Waals surface area contributed by atoms with Crippen LogP contribution < -0.4 is 4.90 Å². The van der Waals surface area contributed by atoms with Gasteiger partial charge in [0.1, 0.15) is 11.9 Å². The lowest BCUT2D eigenvalue weighted by molar-refractivity contribution is 0.341. The van der Waals surface area contributed by atoms with Crippen molar-refractivity contribution in [2.75, 3.05) is 4.90 Å². The fourth-order valence-corrected chi connectivity index (χ4v) is 3.62. The monoisotopic (exact) mass is 242 g/mol. The second kappa shape index (κ2) is 4.56. The van der Waals surface area contributed by atoms with E-state index in [1.807, 2.05) is 6.07 Å². The highest BCUT2D eigenvalue weighted by Gasteiger charge is 2.40. The van der Waals surface area contributed by atoms with Gasteiger partial charge in [0.2, 0.25) is 0 Å². The topological polar surface area (TPSA) is 52.8 Å². The van der Waals surface area contributed by atoms with E-state index in [-0.39, 0.29) is 0 Å². The first-order chi connectivity index (χ1) is 8.79. The van der Waals surface area contributed by atoms with Crippen LogP contribution in [0.15, 0.2) is 12.4 Å². The lowest BCUT2D eigenvalue weighted by Crippen LogP contribution is -2.38. The van der Waals surface area contributed by atoms with Gasteiger partial charge < -0.3 is 4.90 Å². The van der Waals surface area contributed by atoms with Gasteiger partial charge in [-0.15, -0.1) is 0 Å². The first-order valence-corrected chi connectivity index (χ1v) is 6.80. The molecule has 1 aliphatic heterocycles. The summed E-state index contributed by atoms with van der Waals surface area (Å²) in [6.07, 6.45) is 9.94. The zero-order valence-corrected chi connectivity index (χ0v) is 10.7. The molecule has 1 aromatic rings.